The molecule has 0 radical (unpaired) electrons. The molecule has 0 aromatic heterocycles. The van der Waals surface area contributed by atoms with E-state index in [1.54, 1.807) is 6.08 Å². The zero-order chi connectivity index (χ0) is 9.30. The molecule has 0 fully saturated rings. The molecule has 12 heavy (non-hydrogen) atoms. The van der Waals surface area contributed by atoms with Crippen molar-refractivity contribution in [2.24, 2.45) is 11.8 Å². The maximum atomic E-state index is 10.6. The molecular weight excluding hydrogens is 156 g/mol. The van der Waals surface area contributed by atoms with Gasteiger partial charge in [-0.1, -0.05) is 13.8 Å². The molecule has 0 aliphatic carbocycles. The summed E-state index contributed by atoms with van der Waals surface area (Å²) in [5, 5.41) is 8.67. The van der Waals surface area contributed by atoms with Crippen LogP contribution in [0.2, 0.25) is 0 Å². The van der Waals surface area contributed by atoms with Crippen LogP contribution in [-0.4, -0.2) is 17.2 Å². The highest BCUT2D eigenvalue weighted by Crippen LogP contribution is 2.27. The summed E-state index contributed by atoms with van der Waals surface area (Å²) in [5.74, 6) is -0.221. The van der Waals surface area contributed by atoms with E-state index < -0.39 is 5.97 Å². The van der Waals surface area contributed by atoms with Gasteiger partial charge in [0.05, 0.1) is 6.10 Å². The van der Waals surface area contributed by atoms with Crippen molar-refractivity contribution in [2.75, 3.05) is 0 Å². The second-order valence-corrected chi connectivity index (χ2v) is 3.38. The number of carbonyl (C=O) groups is 1. The monoisotopic (exact) mass is 170 g/mol. The van der Waals surface area contributed by atoms with Gasteiger partial charge < -0.3 is 9.84 Å². The Bertz CT molecular complexity index is 220. The third-order valence-corrected chi connectivity index (χ3v) is 2.51. The summed E-state index contributed by atoms with van der Waals surface area (Å²) in [5.41, 5.74) is 0. The second-order valence-electron chi connectivity index (χ2n) is 3.38. The largest absolute Gasteiger partial charge is 0.483 e. The van der Waals surface area contributed by atoms with Gasteiger partial charge in [0.1, 0.15) is 0 Å². The van der Waals surface area contributed by atoms with Gasteiger partial charge in [-0.2, -0.15) is 0 Å². The first-order valence-electron chi connectivity index (χ1n) is 4.14. The number of hydrogen-bond donors (Lipinski definition) is 1. The summed E-state index contributed by atoms with van der Waals surface area (Å²) in [6, 6.07) is 0. The minimum atomic E-state index is -0.972. The van der Waals surface area contributed by atoms with Crippen LogP contribution in [0.15, 0.2) is 11.8 Å². The van der Waals surface area contributed by atoms with Crippen LogP contribution in [0.25, 0.3) is 0 Å². The van der Waals surface area contributed by atoms with Crippen LogP contribution < -0.4 is 0 Å². The van der Waals surface area contributed by atoms with Crippen LogP contribution in [0.1, 0.15) is 20.8 Å². The molecule has 3 unspecified atom stereocenters. The normalized spacial score (nSPS) is 35.2. The molecule has 0 saturated carbocycles. The van der Waals surface area contributed by atoms with E-state index >= 15 is 0 Å². The average Bonchev–Trinajstić information content (AvgIpc) is 1.99. The van der Waals surface area contributed by atoms with Gasteiger partial charge in [0, 0.05) is 0 Å². The van der Waals surface area contributed by atoms with E-state index in [1.165, 1.54) is 0 Å². The Labute approximate surface area is 72.0 Å². The van der Waals surface area contributed by atoms with Gasteiger partial charge >= 0.3 is 5.97 Å². The van der Waals surface area contributed by atoms with Crippen molar-refractivity contribution < 1.29 is 14.6 Å². The molecule has 1 aliphatic heterocycles. The van der Waals surface area contributed by atoms with E-state index in [0.29, 0.717) is 5.92 Å². The van der Waals surface area contributed by atoms with Gasteiger partial charge in [0.2, 0.25) is 5.76 Å². The fourth-order valence-corrected chi connectivity index (χ4v) is 1.29. The maximum Gasteiger partial charge on any atom is 0.370 e. The van der Waals surface area contributed by atoms with E-state index in [2.05, 4.69) is 6.92 Å². The summed E-state index contributed by atoms with van der Waals surface area (Å²) in [7, 11) is 0. The predicted octanol–water partition coefficient (Wildman–Crippen LogP) is 1.65. The highest BCUT2D eigenvalue weighted by molar-refractivity contribution is 5.84. The van der Waals surface area contributed by atoms with Crippen molar-refractivity contribution in [2.45, 2.75) is 26.9 Å². The summed E-state index contributed by atoms with van der Waals surface area (Å²) < 4.78 is 5.19. The third-order valence-electron chi connectivity index (χ3n) is 2.51. The van der Waals surface area contributed by atoms with Crippen molar-refractivity contribution >= 4 is 5.97 Å². The highest BCUT2D eigenvalue weighted by Gasteiger charge is 2.27. The minimum Gasteiger partial charge on any atom is -0.483 e. The van der Waals surface area contributed by atoms with Gasteiger partial charge in [-0.25, -0.2) is 4.79 Å². The molecule has 1 rings (SSSR count). The number of aliphatic carboxylic acids is 1. The predicted molar refractivity (Wildman–Crippen MR) is 44.6 cm³/mol. The fraction of sp³-hybridized carbons (Fsp3) is 0.667. The number of carboxylic acid groups (broad SMARTS) is 1. The molecular formula is C9H14O3. The standard InChI is InChI=1S/C9H14O3/c1-5-4-8(9(10)11)12-7(3)6(5)2/h4-7H,1-3H3,(H,10,11). The van der Waals surface area contributed by atoms with Crippen LogP contribution in [0.5, 0.6) is 0 Å². The zero-order valence-electron chi connectivity index (χ0n) is 7.57. The Morgan fingerprint density at radius 3 is 2.50 bits per heavy atom. The second kappa shape index (κ2) is 3.17. The van der Waals surface area contributed by atoms with Crippen molar-refractivity contribution in [3.63, 3.8) is 0 Å². The Morgan fingerprint density at radius 1 is 1.50 bits per heavy atom. The van der Waals surface area contributed by atoms with E-state index in [-0.39, 0.29) is 17.8 Å². The lowest BCUT2D eigenvalue weighted by atomic mass is 9.89. The Balaban J connectivity index is 2.81. The molecule has 0 amide bonds. The minimum absolute atomic E-state index is 0.00361. The van der Waals surface area contributed by atoms with Crippen LogP contribution >= 0.6 is 0 Å². The summed E-state index contributed by atoms with van der Waals surface area (Å²) in [6.07, 6.45) is 1.67. The fourth-order valence-electron chi connectivity index (χ4n) is 1.29. The average molecular weight is 170 g/mol. The maximum absolute atomic E-state index is 10.6. The molecule has 3 atom stereocenters. The summed E-state index contributed by atoms with van der Waals surface area (Å²) >= 11 is 0. The molecule has 68 valence electrons. The first-order chi connectivity index (χ1) is 5.52. The topological polar surface area (TPSA) is 46.5 Å². The zero-order valence-corrected chi connectivity index (χ0v) is 7.57. The molecule has 1 aliphatic rings. The molecule has 0 saturated heterocycles. The lowest BCUT2D eigenvalue weighted by Crippen LogP contribution is -2.29. The summed E-state index contributed by atoms with van der Waals surface area (Å²) in [4.78, 5) is 10.6. The molecule has 0 aromatic rings. The van der Waals surface area contributed by atoms with Crippen molar-refractivity contribution in [1.82, 2.24) is 0 Å². The highest BCUT2D eigenvalue weighted by atomic mass is 16.5. The first-order valence-corrected chi connectivity index (χ1v) is 4.14. The quantitative estimate of drug-likeness (QED) is 0.650. The molecule has 3 heteroatoms. The Morgan fingerprint density at radius 2 is 2.08 bits per heavy atom. The third kappa shape index (κ3) is 1.60. The molecule has 0 spiro atoms. The number of rotatable bonds is 1. The smallest absolute Gasteiger partial charge is 0.370 e. The van der Waals surface area contributed by atoms with Crippen molar-refractivity contribution in [1.29, 1.82) is 0 Å². The Hall–Kier alpha value is -0.990. The van der Waals surface area contributed by atoms with Gasteiger partial charge in [-0.05, 0) is 24.8 Å². The van der Waals surface area contributed by atoms with E-state index in [4.69, 9.17) is 9.84 Å². The van der Waals surface area contributed by atoms with Gasteiger partial charge in [0.25, 0.3) is 0 Å². The molecule has 1 N–H and O–H groups in total. The van der Waals surface area contributed by atoms with Crippen molar-refractivity contribution in [3.05, 3.63) is 11.8 Å². The van der Waals surface area contributed by atoms with Gasteiger partial charge in [0.15, 0.2) is 0 Å². The van der Waals surface area contributed by atoms with Gasteiger partial charge in [-0.15, -0.1) is 0 Å². The summed E-state index contributed by atoms with van der Waals surface area (Å²) in [6.45, 7) is 5.97. The van der Waals surface area contributed by atoms with E-state index in [9.17, 15) is 4.79 Å². The van der Waals surface area contributed by atoms with Crippen LogP contribution in [-0.2, 0) is 9.53 Å². The Kier molecular flexibility index (Phi) is 2.40. The van der Waals surface area contributed by atoms with Crippen LogP contribution in [0.4, 0.5) is 0 Å². The molecule has 0 aromatic carbocycles. The number of carboxylic acids is 1. The first kappa shape index (κ1) is 9.10. The van der Waals surface area contributed by atoms with E-state index in [1.807, 2.05) is 13.8 Å². The van der Waals surface area contributed by atoms with Gasteiger partial charge in [-0.3, -0.25) is 0 Å². The molecule has 3 nitrogen and oxygen atoms in total. The number of hydrogen-bond acceptors (Lipinski definition) is 2. The lowest BCUT2D eigenvalue weighted by Gasteiger charge is -2.30. The molecule has 0 bridgehead atoms. The van der Waals surface area contributed by atoms with Crippen LogP contribution in [0, 0.1) is 11.8 Å². The SMILES string of the molecule is CC1C=C(C(=O)O)OC(C)C1C. The van der Waals surface area contributed by atoms with Crippen LogP contribution in [0.3, 0.4) is 0 Å². The number of ether oxygens (including phenoxy) is 1. The lowest BCUT2D eigenvalue weighted by molar-refractivity contribution is -0.139. The molecule has 1 heterocycles. The number of allylic oxidation sites excluding steroid dienone is 1. The van der Waals surface area contributed by atoms with E-state index in [0.717, 1.165) is 0 Å². The van der Waals surface area contributed by atoms with Crippen molar-refractivity contribution in [3.8, 4) is 0 Å².